The van der Waals surface area contributed by atoms with Gasteiger partial charge in [-0.05, 0) is 28.0 Å². The summed E-state index contributed by atoms with van der Waals surface area (Å²) < 4.78 is 0. The topological polar surface area (TPSA) is 0 Å². The molecule has 3 aromatic rings. The molecule has 82 valence electrons. The average Bonchev–Trinajstić information content (AvgIpc) is 2.39. The Bertz CT molecular complexity index is 666. The fourth-order valence-electron chi connectivity index (χ4n) is 2.16. The Labute approximate surface area is 106 Å². The van der Waals surface area contributed by atoms with Crippen molar-refractivity contribution < 1.29 is 0 Å². The van der Waals surface area contributed by atoms with Crippen LogP contribution in [-0.4, -0.2) is 0 Å². The maximum atomic E-state index is 4.53. The first-order valence-electron chi connectivity index (χ1n) is 5.62. The Kier molecular flexibility index (Phi) is 2.62. The van der Waals surface area contributed by atoms with E-state index >= 15 is 0 Å². The third-order valence-corrected chi connectivity index (χ3v) is 3.37. The summed E-state index contributed by atoms with van der Waals surface area (Å²) >= 11 is 4.53. The molecule has 17 heavy (non-hydrogen) atoms. The summed E-state index contributed by atoms with van der Waals surface area (Å²) in [7, 11) is 0. The van der Waals surface area contributed by atoms with Gasteiger partial charge in [0, 0.05) is 4.90 Å². The molecule has 0 aliphatic carbocycles. The fourth-order valence-corrected chi connectivity index (χ4v) is 2.44. The highest BCUT2D eigenvalue weighted by Crippen LogP contribution is 2.32. The predicted molar refractivity (Wildman–Crippen MR) is 76.6 cm³/mol. The predicted octanol–water partition coefficient (Wildman–Crippen LogP) is 4.80. The van der Waals surface area contributed by atoms with Crippen LogP contribution < -0.4 is 0 Å². The summed E-state index contributed by atoms with van der Waals surface area (Å²) in [6, 6.07) is 23.0. The van der Waals surface area contributed by atoms with Gasteiger partial charge >= 0.3 is 0 Å². The molecule has 0 amide bonds. The minimum atomic E-state index is 1.02. The molecule has 0 spiro atoms. The Morgan fingerprint density at radius 2 is 1.24 bits per heavy atom. The third-order valence-electron chi connectivity index (χ3n) is 2.98. The second-order valence-electron chi connectivity index (χ2n) is 4.04. The lowest BCUT2D eigenvalue weighted by Crippen LogP contribution is -1.82. The number of rotatable bonds is 1. The van der Waals surface area contributed by atoms with E-state index in [2.05, 4.69) is 67.2 Å². The first-order valence-corrected chi connectivity index (χ1v) is 6.07. The number of benzene rings is 3. The first-order chi connectivity index (χ1) is 8.36. The number of hydrogen-bond acceptors (Lipinski definition) is 1. The van der Waals surface area contributed by atoms with Crippen molar-refractivity contribution in [3.8, 4) is 11.1 Å². The smallest absolute Gasteiger partial charge is 0.0119 e. The van der Waals surface area contributed by atoms with Gasteiger partial charge in [0.2, 0.25) is 0 Å². The Hall–Kier alpha value is -1.73. The molecule has 0 aliphatic rings. The second kappa shape index (κ2) is 4.27. The van der Waals surface area contributed by atoms with Gasteiger partial charge in [-0.2, -0.15) is 0 Å². The van der Waals surface area contributed by atoms with E-state index < -0.39 is 0 Å². The highest BCUT2D eigenvalue weighted by molar-refractivity contribution is 7.80. The molecular weight excluding hydrogens is 224 g/mol. The van der Waals surface area contributed by atoms with Crippen LogP contribution >= 0.6 is 12.6 Å². The van der Waals surface area contributed by atoms with Gasteiger partial charge in [-0.15, -0.1) is 12.6 Å². The van der Waals surface area contributed by atoms with Crippen LogP contribution in [0.15, 0.2) is 71.6 Å². The van der Waals surface area contributed by atoms with Gasteiger partial charge in [0.05, 0.1) is 0 Å². The number of hydrogen-bond donors (Lipinski definition) is 1. The molecule has 0 saturated heterocycles. The monoisotopic (exact) mass is 236 g/mol. The summed E-state index contributed by atoms with van der Waals surface area (Å²) in [6.45, 7) is 0. The van der Waals surface area contributed by atoms with Crippen molar-refractivity contribution in [1.29, 1.82) is 0 Å². The summed E-state index contributed by atoms with van der Waals surface area (Å²) in [6.07, 6.45) is 0. The van der Waals surface area contributed by atoms with E-state index in [0.29, 0.717) is 0 Å². The SMILES string of the molecule is Sc1ccccc1-c1cccc2ccccc12. The van der Waals surface area contributed by atoms with E-state index in [-0.39, 0.29) is 0 Å². The number of fused-ring (bicyclic) bond motifs is 1. The van der Waals surface area contributed by atoms with E-state index in [1.165, 1.54) is 21.9 Å². The number of thiol groups is 1. The van der Waals surface area contributed by atoms with Crippen LogP contribution in [0.3, 0.4) is 0 Å². The summed E-state index contributed by atoms with van der Waals surface area (Å²) in [5.74, 6) is 0. The van der Waals surface area contributed by atoms with Gasteiger partial charge in [0.1, 0.15) is 0 Å². The van der Waals surface area contributed by atoms with Gasteiger partial charge in [-0.1, -0.05) is 60.7 Å². The van der Waals surface area contributed by atoms with Gasteiger partial charge in [-0.3, -0.25) is 0 Å². The zero-order valence-corrected chi connectivity index (χ0v) is 10.2. The highest BCUT2D eigenvalue weighted by Gasteiger charge is 2.05. The molecule has 0 radical (unpaired) electrons. The standard InChI is InChI=1S/C16H12S/c17-16-11-4-3-9-15(16)14-10-5-7-12-6-1-2-8-13(12)14/h1-11,17H. The van der Waals surface area contributed by atoms with Crippen molar-refractivity contribution in [2.75, 3.05) is 0 Å². The van der Waals surface area contributed by atoms with Gasteiger partial charge in [0.15, 0.2) is 0 Å². The average molecular weight is 236 g/mol. The molecule has 0 saturated carbocycles. The van der Waals surface area contributed by atoms with Crippen LogP contribution in [0.1, 0.15) is 0 Å². The molecule has 0 fully saturated rings. The fraction of sp³-hybridized carbons (Fsp3) is 0. The lowest BCUT2D eigenvalue weighted by Gasteiger charge is -2.08. The van der Waals surface area contributed by atoms with Crippen molar-refractivity contribution in [1.82, 2.24) is 0 Å². The lowest BCUT2D eigenvalue weighted by atomic mass is 9.98. The lowest BCUT2D eigenvalue weighted by molar-refractivity contribution is 1.47. The van der Waals surface area contributed by atoms with Crippen molar-refractivity contribution in [2.24, 2.45) is 0 Å². The molecule has 3 rings (SSSR count). The van der Waals surface area contributed by atoms with Crippen molar-refractivity contribution in [3.05, 3.63) is 66.7 Å². The third kappa shape index (κ3) is 1.83. The van der Waals surface area contributed by atoms with Crippen molar-refractivity contribution in [2.45, 2.75) is 4.90 Å². The molecule has 0 nitrogen and oxygen atoms in total. The maximum Gasteiger partial charge on any atom is 0.0119 e. The molecular formula is C16H12S. The maximum absolute atomic E-state index is 4.53. The molecule has 0 unspecified atom stereocenters. The van der Waals surface area contributed by atoms with Crippen molar-refractivity contribution >= 4 is 23.4 Å². The van der Waals surface area contributed by atoms with Crippen LogP contribution in [-0.2, 0) is 0 Å². The quantitative estimate of drug-likeness (QED) is 0.577. The molecule has 3 aromatic carbocycles. The Morgan fingerprint density at radius 1 is 0.588 bits per heavy atom. The molecule has 0 atom stereocenters. The van der Waals surface area contributed by atoms with E-state index in [1.54, 1.807) is 0 Å². The molecule has 0 aromatic heterocycles. The summed E-state index contributed by atoms with van der Waals surface area (Å²) in [5, 5.41) is 2.54. The van der Waals surface area contributed by atoms with Gasteiger partial charge in [0.25, 0.3) is 0 Å². The zero-order valence-electron chi connectivity index (χ0n) is 9.30. The molecule has 0 heterocycles. The highest BCUT2D eigenvalue weighted by atomic mass is 32.1. The molecule has 0 bridgehead atoms. The van der Waals surface area contributed by atoms with E-state index in [1.807, 2.05) is 12.1 Å². The van der Waals surface area contributed by atoms with E-state index in [0.717, 1.165) is 4.90 Å². The summed E-state index contributed by atoms with van der Waals surface area (Å²) in [5.41, 5.74) is 2.43. The Morgan fingerprint density at radius 3 is 2.12 bits per heavy atom. The summed E-state index contributed by atoms with van der Waals surface area (Å²) in [4.78, 5) is 1.02. The Balaban J connectivity index is 2.35. The molecule has 0 aliphatic heterocycles. The van der Waals surface area contributed by atoms with E-state index in [9.17, 15) is 0 Å². The molecule has 1 heteroatoms. The second-order valence-corrected chi connectivity index (χ2v) is 4.53. The minimum absolute atomic E-state index is 1.02. The van der Waals surface area contributed by atoms with Gasteiger partial charge < -0.3 is 0 Å². The van der Waals surface area contributed by atoms with Crippen LogP contribution in [0.4, 0.5) is 0 Å². The minimum Gasteiger partial charge on any atom is -0.143 e. The van der Waals surface area contributed by atoms with E-state index in [4.69, 9.17) is 0 Å². The van der Waals surface area contributed by atoms with Crippen LogP contribution in [0.25, 0.3) is 21.9 Å². The normalized spacial score (nSPS) is 10.6. The largest absolute Gasteiger partial charge is 0.143 e. The van der Waals surface area contributed by atoms with Crippen LogP contribution in [0.5, 0.6) is 0 Å². The molecule has 0 N–H and O–H groups in total. The van der Waals surface area contributed by atoms with Crippen LogP contribution in [0.2, 0.25) is 0 Å². The first kappa shape index (κ1) is 10.4. The van der Waals surface area contributed by atoms with Crippen LogP contribution in [0, 0.1) is 0 Å². The van der Waals surface area contributed by atoms with Crippen molar-refractivity contribution in [3.63, 3.8) is 0 Å². The van der Waals surface area contributed by atoms with Gasteiger partial charge in [-0.25, -0.2) is 0 Å². The zero-order chi connectivity index (χ0) is 11.7.